The summed E-state index contributed by atoms with van der Waals surface area (Å²) in [4.78, 5) is 0. The molecule has 0 amide bonds. The van der Waals surface area contributed by atoms with Gasteiger partial charge in [0.1, 0.15) is 0 Å². The van der Waals surface area contributed by atoms with Gasteiger partial charge < -0.3 is 17.5 Å². The number of rotatable bonds is 5. The monoisotopic (exact) mass is 215 g/mol. The second-order valence-corrected chi connectivity index (χ2v) is 2.62. The van der Waals surface area contributed by atoms with Crippen LogP contribution in [0.3, 0.4) is 0 Å². The van der Waals surface area contributed by atoms with Crippen LogP contribution in [0, 0.1) is 0 Å². The van der Waals surface area contributed by atoms with Crippen molar-refractivity contribution < 1.29 is 17.5 Å². The lowest BCUT2D eigenvalue weighted by Gasteiger charge is -1.92. The van der Waals surface area contributed by atoms with Gasteiger partial charge in [0, 0.05) is 11.9 Å². The number of unbranched alkanes of at least 4 members (excludes halogenated alkanes) is 3. The molecule has 0 unspecified atom stereocenters. The molecule has 0 atom stereocenters. The second-order valence-electron chi connectivity index (χ2n) is 1.83. The van der Waals surface area contributed by atoms with Gasteiger partial charge >= 0.3 is 0 Å². The van der Waals surface area contributed by atoms with Crippen LogP contribution in [0.15, 0.2) is 0 Å². The minimum Gasteiger partial charge on any atom is -1.00 e. The summed E-state index contributed by atoms with van der Waals surface area (Å²) in [7, 11) is 0. The van der Waals surface area contributed by atoms with Gasteiger partial charge in [-0.3, -0.25) is 0 Å². The fourth-order valence-corrected chi connectivity index (χ4v) is 0.956. The standard InChI is InChI=1S/C6H13BrO.ClH/c7-5-3-1-2-4-6-8;/h8H,1-6H2;1H/p-1. The second kappa shape index (κ2) is 11.5. The van der Waals surface area contributed by atoms with Crippen LogP contribution in [0.5, 0.6) is 0 Å². The van der Waals surface area contributed by atoms with Crippen molar-refractivity contribution in [1.29, 1.82) is 0 Å². The molecule has 0 spiro atoms. The predicted octanol–water partition coefficient (Wildman–Crippen LogP) is -1.06. The van der Waals surface area contributed by atoms with Gasteiger partial charge in [0.25, 0.3) is 0 Å². The summed E-state index contributed by atoms with van der Waals surface area (Å²) in [6.07, 6.45) is 4.61. The van der Waals surface area contributed by atoms with Crippen molar-refractivity contribution in [2.24, 2.45) is 0 Å². The van der Waals surface area contributed by atoms with Gasteiger partial charge in [-0.05, 0) is 12.8 Å². The minimum atomic E-state index is 0. The summed E-state index contributed by atoms with van der Waals surface area (Å²) in [5.74, 6) is 0. The van der Waals surface area contributed by atoms with E-state index in [4.69, 9.17) is 5.11 Å². The molecule has 0 aromatic rings. The Balaban J connectivity index is 0. The first-order chi connectivity index (χ1) is 3.91. The van der Waals surface area contributed by atoms with E-state index in [2.05, 4.69) is 15.9 Å². The van der Waals surface area contributed by atoms with Gasteiger partial charge in [-0.25, -0.2) is 0 Å². The summed E-state index contributed by atoms with van der Waals surface area (Å²) < 4.78 is 0. The van der Waals surface area contributed by atoms with E-state index in [9.17, 15) is 0 Å². The predicted molar refractivity (Wildman–Crippen MR) is 39.3 cm³/mol. The number of alkyl halides is 1. The lowest BCUT2D eigenvalue weighted by Crippen LogP contribution is -3.00. The van der Waals surface area contributed by atoms with Crippen molar-refractivity contribution >= 4 is 15.9 Å². The largest absolute Gasteiger partial charge is 1.00 e. The molecule has 0 aliphatic carbocycles. The van der Waals surface area contributed by atoms with E-state index in [0.717, 1.165) is 11.8 Å². The van der Waals surface area contributed by atoms with E-state index in [-0.39, 0.29) is 12.4 Å². The maximum atomic E-state index is 8.35. The summed E-state index contributed by atoms with van der Waals surface area (Å²) in [5.41, 5.74) is 0. The Labute approximate surface area is 71.4 Å². The molecule has 0 radical (unpaired) electrons. The molecule has 0 rings (SSSR count). The molecule has 0 saturated heterocycles. The van der Waals surface area contributed by atoms with Gasteiger partial charge in [0.15, 0.2) is 0 Å². The maximum absolute atomic E-state index is 8.35. The molecular weight excluding hydrogens is 203 g/mol. The zero-order valence-corrected chi connectivity index (χ0v) is 7.79. The Morgan fingerprint density at radius 2 is 1.56 bits per heavy atom. The third-order valence-electron chi connectivity index (χ3n) is 1.04. The molecule has 58 valence electrons. The maximum Gasteiger partial charge on any atom is 0.0431 e. The Morgan fingerprint density at radius 3 is 2.00 bits per heavy atom. The molecule has 0 bridgehead atoms. The first kappa shape index (κ1) is 12.4. The molecule has 1 N–H and O–H groups in total. The normalized spacial score (nSPS) is 8.67. The van der Waals surface area contributed by atoms with Crippen LogP contribution in [0.1, 0.15) is 25.7 Å². The number of aliphatic hydroxyl groups is 1. The molecule has 0 saturated carbocycles. The van der Waals surface area contributed by atoms with Crippen molar-refractivity contribution in [3.8, 4) is 0 Å². The zero-order chi connectivity index (χ0) is 6.24. The highest BCUT2D eigenvalue weighted by molar-refractivity contribution is 9.09. The van der Waals surface area contributed by atoms with Gasteiger partial charge in [0.05, 0.1) is 0 Å². The first-order valence-electron chi connectivity index (χ1n) is 3.08. The van der Waals surface area contributed by atoms with Gasteiger partial charge in [-0.1, -0.05) is 28.8 Å². The van der Waals surface area contributed by atoms with Crippen LogP contribution in [0.25, 0.3) is 0 Å². The van der Waals surface area contributed by atoms with Crippen molar-refractivity contribution in [3.63, 3.8) is 0 Å². The molecule has 0 aliphatic heterocycles. The number of halogens is 2. The fourth-order valence-electron chi connectivity index (χ4n) is 0.560. The van der Waals surface area contributed by atoms with Gasteiger partial charge in [-0.15, -0.1) is 0 Å². The van der Waals surface area contributed by atoms with Crippen molar-refractivity contribution in [2.45, 2.75) is 25.7 Å². The summed E-state index contributed by atoms with van der Waals surface area (Å²) in [5, 5.41) is 9.45. The van der Waals surface area contributed by atoms with E-state index in [1.54, 1.807) is 0 Å². The zero-order valence-electron chi connectivity index (χ0n) is 5.45. The van der Waals surface area contributed by atoms with Gasteiger partial charge in [-0.2, -0.15) is 0 Å². The van der Waals surface area contributed by atoms with E-state index < -0.39 is 0 Å². The third kappa shape index (κ3) is 12.0. The Hall–Kier alpha value is 0.730. The van der Waals surface area contributed by atoms with Crippen molar-refractivity contribution in [3.05, 3.63) is 0 Å². The van der Waals surface area contributed by atoms with E-state index in [1.165, 1.54) is 19.3 Å². The highest BCUT2D eigenvalue weighted by atomic mass is 79.9. The molecule has 9 heavy (non-hydrogen) atoms. The average Bonchev–Trinajstić information content (AvgIpc) is 1.81. The smallest absolute Gasteiger partial charge is 0.0431 e. The topological polar surface area (TPSA) is 20.2 Å². The van der Waals surface area contributed by atoms with Crippen LogP contribution >= 0.6 is 15.9 Å². The lowest BCUT2D eigenvalue weighted by atomic mass is 10.2. The molecule has 1 nitrogen and oxygen atoms in total. The van der Waals surface area contributed by atoms with E-state index in [1.807, 2.05) is 0 Å². The minimum absolute atomic E-state index is 0. The van der Waals surface area contributed by atoms with Crippen molar-refractivity contribution in [1.82, 2.24) is 0 Å². The van der Waals surface area contributed by atoms with Crippen molar-refractivity contribution in [2.75, 3.05) is 11.9 Å². The highest BCUT2D eigenvalue weighted by Crippen LogP contribution is 2.00. The lowest BCUT2D eigenvalue weighted by molar-refractivity contribution is -0.00000279. The molecule has 0 fully saturated rings. The molecule has 3 heteroatoms. The Bertz CT molecular complexity index is 38.0. The van der Waals surface area contributed by atoms with E-state index in [0.29, 0.717) is 6.61 Å². The molecule has 0 heterocycles. The van der Waals surface area contributed by atoms with Crippen LogP contribution in [-0.4, -0.2) is 17.0 Å². The number of hydrogen-bond donors (Lipinski definition) is 1. The average molecular weight is 217 g/mol. The Morgan fingerprint density at radius 1 is 1.00 bits per heavy atom. The quantitative estimate of drug-likeness (QED) is 0.459. The Kier molecular flexibility index (Phi) is 15.9. The summed E-state index contributed by atoms with van der Waals surface area (Å²) in [6, 6.07) is 0. The fraction of sp³-hybridized carbons (Fsp3) is 1.00. The highest BCUT2D eigenvalue weighted by Gasteiger charge is 1.84. The molecule has 0 aromatic carbocycles. The van der Waals surface area contributed by atoms with Crippen LogP contribution in [0.4, 0.5) is 0 Å². The first-order valence-corrected chi connectivity index (χ1v) is 4.20. The van der Waals surface area contributed by atoms with Crippen LogP contribution in [-0.2, 0) is 0 Å². The van der Waals surface area contributed by atoms with Gasteiger partial charge in [0.2, 0.25) is 0 Å². The van der Waals surface area contributed by atoms with E-state index >= 15 is 0 Å². The summed E-state index contributed by atoms with van der Waals surface area (Å²) in [6.45, 7) is 0.349. The SMILES string of the molecule is OCCCCCCBr.[Cl-]. The van der Waals surface area contributed by atoms with Crippen LogP contribution < -0.4 is 12.4 Å². The molecular formula is C6H13BrClO-. The molecule has 0 aliphatic rings. The number of aliphatic hydroxyl groups excluding tert-OH is 1. The third-order valence-corrected chi connectivity index (χ3v) is 1.60. The van der Waals surface area contributed by atoms with Crippen LogP contribution in [0.2, 0.25) is 0 Å². The summed E-state index contributed by atoms with van der Waals surface area (Å²) >= 11 is 3.34. The molecule has 0 aromatic heterocycles. The number of hydrogen-bond acceptors (Lipinski definition) is 1.